The highest BCUT2D eigenvalue weighted by atomic mass is 32.2. The average molecular weight is 482 g/mol. The minimum absolute atomic E-state index is 0.0303. The van der Waals surface area contributed by atoms with Crippen LogP contribution in [-0.4, -0.2) is 46.4 Å². The maximum absolute atomic E-state index is 13.6. The summed E-state index contributed by atoms with van der Waals surface area (Å²) in [5.41, 5.74) is -0.0429. The molecule has 2 heterocycles. The normalized spacial score (nSPS) is 19.1. The number of benzene rings is 1. The van der Waals surface area contributed by atoms with E-state index < -0.39 is 33.7 Å². The van der Waals surface area contributed by atoms with Gasteiger partial charge in [-0.2, -0.15) is 23.3 Å². The Morgan fingerprint density at radius 3 is 2.48 bits per heavy atom. The van der Waals surface area contributed by atoms with Crippen molar-refractivity contribution in [2.45, 2.75) is 42.4 Å². The summed E-state index contributed by atoms with van der Waals surface area (Å²) in [5.74, 6) is -0.770. The number of halogens is 3. The van der Waals surface area contributed by atoms with E-state index in [1.54, 1.807) is 0 Å². The third kappa shape index (κ3) is 4.84. The Kier molecular flexibility index (Phi) is 6.12. The van der Waals surface area contributed by atoms with Gasteiger partial charge in [0.05, 0.1) is 17.2 Å². The van der Waals surface area contributed by atoms with Gasteiger partial charge in [-0.1, -0.05) is 6.42 Å². The van der Waals surface area contributed by atoms with Crippen LogP contribution in [0.25, 0.3) is 5.82 Å². The molecule has 4 rings (SSSR count). The molecule has 1 saturated carbocycles. The van der Waals surface area contributed by atoms with Crippen molar-refractivity contribution in [1.29, 1.82) is 0 Å². The maximum Gasteiger partial charge on any atom is 0.421 e. The maximum atomic E-state index is 13.6. The fourth-order valence-electron chi connectivity index (χ4n) is 3.75. The lowest BCUT2D eigenvalue weighted by atomic mass is 9.99. The van der Waals surface area contributed by atoms with Crippen LogP contribution in [0.2, 0.25) is 0 Å². The zero-order valence-electron chi connectivity index (χ0n) is 17.4. The Bertz CT molecular complexity index is 1240. The lowest BCUT2D eigenvalue weighted by Crippen LogP contribution is -2.18. The number of nitrogens with zero attached hydrogens (tertiary/aromatic N) is 4. The summed E-state index contributed by atoms with van der Waals surface area (Å²) in [6, 6.07) is 5.56. The van der Waals surface area contributed by atoms with Crippen molar-refractivity contribution in [2.75, 3.05) is 12.4 Å². The first kappa shape index (κ1) is 23.1. The molecule has 0 spiro atoms. The minimum atomic E-state index is -4.71. The molecule has 3 aromatic rings. The number of nitrogens with one attached hydrogen (secondary N) is 2. The third-order valence-electron chi connectivity index (χ3n) is 5.49. The quantitative estimate of drug-likeness (QED) is 0.494. The van der Waals surface area contributed by atoms with Crippen LogP contribution in [0, 0.1) is 0 Å². The van der Waals surface area contributed by atoms with Crippen molar-refractivity contribution in [3.63, 3.8) is 0 Å². The first-order chi connectivity index (χ1) is 15.6. The van der Waals surface area contributed by atoms with Crippen LogP contribution in [0.1, 0.15) is 36.3 Å². The number of anilines is 2. The van der Waals surface area contributed by atoms with Gasteiger partial charge in [0.1, 0.15) is 5.56 Å². The summed E-state index contributed by atoms with van der Waals surface area (Å²) in [6.07, 6.45) is 0.483. The molecule has 0 saturated heterocycles. The van der Waals surface area contributed by atoms with E-state index in [4.69, 9.17) is 0 Å². The number of aromatic nitrogens is 4. The Labute approximate surface area is 187 Å². The Morgan fingerprint density at radius 2 is 1.88 bits per heavy atom. The van der Waals surface area contributed by atoms with Gasteiger partial charge in [-0.3, -0.25) is 0 Å². The molecule has 1 fully saturated rings. The molecule has 2 aromatic heterocycles. The van der Waals surface area contributed by atoms with Gasteiger partial charge in [0.25, 0.3) is 0 Å². The largest absolute Gasteiger partial charge is 0.421 e. The van der Waals surface area contributed by atoms with E-state index in [2.05, 4.69) is 25.1 Å². The SMILES string of the molecule is CNS(=O)(=O)c1ccc(Nc2ncc(C(F)(F)F)c(-n3cc([C@H]4CCC[C@H]4O)cn3)n2)cc1. The van der Waals surface area contributed by atoms with Crippen molar-refractivity contribution in [1.82, 2.24) is 24.5 Å². The van der Waals surface area contributed by atoms with Crippen LogP contribution >= 0.6 is 0 Å². The number of aliphatic hydroxyl groups excluding tert-OH is 1. The lowest BCUT2D eigenvalue weighted by molar-refractivity contribution is -0.138. The zero-order valence-corrected chi connectivity index (χ0v) is 18.2. The Morgan fingerprint density at radius 1 is 1.15 bits per heavy atom. The molecule has 0 bridgehead atoms. The van der Waals surface area contributed by atoms with Gasteiger partial charge >= 0.3 is 6.18 Å². The second-order valence-corrected chi connectivity index (χ2v) is 9.50. The van der Waals surface area contributed by atoms with Crippen LogP contribution in [0.3, 0.4) is 0 Å². The number of hydrogen-bond acceptors (Lipinski definition) is 7. The van der Waals surface area contributed by atoms with Crippen LogP contribution in [0.4, 0.5) is 24.8 Å². The van der Waals surface area contributed by atoms with Crippen LogP contribution in [0.5, 0.6) is 0 Å². The molecule has 13 heteroatoms. The molecule has 0 amide bonds. The first-order valence-corrected chi connectivity index (χ1v) is 11.5. The molecule has 0 aliphatic heterocycles. The van der Waals surface area contributed by atoms with Crippen LogP contribution in [0.15, 0.2) is 47.8 Å². The number of sulfonamides is 1. The predicted octanol–water partition coefficient (Wildman–Crippen LogP) is 2.96. The van der Waals surface area contributed by atoms with Gasteiger partial charge in [0, 0.05) is 24.0 Å². The Balaban J connectivity index is 1.66. The number of hydrogen-bond donors (Lipinski definition) is 3. The summed E-state index contributed by atoms with van der Waals surface area (Å²) >= 11 is 0. The second-order valence-electron chi connectivity index (χ2n) is 7.61. The summed E-state index contributed by atoms with van der Waals surface area (Å²) in [5, 5.41) is 16.9. The fourth-order valence-corrected chi connectivity index (χ4v) is 4.48. The smallest absolute Gasteiger partial charge is 0.392 e. The lowest BCUT2D eigenvalue weighted by Gasteiger charge is -2.14. The van der Waals surface area contributed by atoms with Crippen molar-refractivity contribution < 1.29 is 26.7 Å². The molecule has 3 N–H and O–H groups in total. The van der Waals surface area contributed by atoms with Gasteiger partial charge in [0.2, 0.25) is 16.0 Å². The van der Waals surface area contributed by atoms with E-state index in [0.29, 0.717) is 23.9 Å². The molecule has 33 heavy (non-hydrogen) atoms. The highest BCUT2D eigenvalue weighted by molar-refractivity contribution is 7.89. The van der Waals surface area contributed by atoms with Gasteiger partial charge in [-0.25, -0.2) is 22.8 Å². The topological polar surface area (TPSA) is 122 Å². The molecule has 176 valence electrons. The van der Waals surface area contributed by atoms with Crippen molar-refractivity contribution >= 4 is 21.7 Å². The molecule has 2 atom stereocenters. The second kappa shape index (κ2) is 8.72. The van der Waals surface area contributed by atoms with Crippen LogP contribution < -0.4 is 10.0 Å². The Hall–Kier alpha value is -3.03. The van der Waals surface area contributed by atoms with E-state index in [0.717, 1.165) is 17.5 Å². The molecule has 9 nitrogen and oxygen atoms in total. The van der Waals surface area contributed by atoms with E-state index in [-0.39, 0.29) is 16.8 Å². The third-order valence-corrected chi connectivity index (χ3v) is 6.92. The molecule has 1 aromatic carbocycles. The predicted molar refractivity (Wildman–Crippen MR) is 113 cm³/mol. The van der Waals surface area contributed by atoms with Crippen molar-refractivity contribution in [2.24, 2.45) is 0 Å². The summed E-state index contributed by atoms with van der Waals surface area (Å²) < 4.78 is 67.7. The molecule has 1 aliphatic rings. The van der Waals surface area contributed by atoms with E-state index in [1.807, 2.05) is 0 Å². The van der Waals surface area contributed by atoms with Gasteiger partial charge in [-0.05, 0) is 49.7 Å². The van der Waals surface area contributed by atoms with E-state index in [9.17, 15) is 26.7 Å². The molecule has 1 aliphatic carbocycles. The fraction of sp³-hybridized carbons (Fsp3) is 0.350. The minimum Gasteiger partial charge on any atom is -0.392 e. The highest BCUT2D eigenvalue weighted by Gasteiger charge is 2.36. The number of aliphatic hydroxyl groups is 1. The van der Waals surface area contributed by atoms with Gasteiger partial charge in [-0.15, -0.1) is 0 Å². The standard InChI is InChI=1S/C20H21F3N6O3S/c1-24-33(31,32)14-7-5-13(6-8-14)27-19-25-10-16(20(21,22)23)18(28-19)29-11-12(9-26-29)15-3-2-4-17(15)30/h5-11,15,17,24,30H,2-4H2,1H3,(H,25,27,28)/t15-,17-/m1/s1. The zero-order chi connectivity index (χ0) is 23.8. The summed E-state index contributed by atoms with van der Waals surface area (Å²) in [6.45, 7) is 0. The van der Waals surface area contributed by atoms with Crippen LogP contribution in [-0.2, 0) is 16.2 Å². The monoisotopic (exact) mass is 482 g/mol. The molecule has 0 radical (unpaired) electrons. The van der Waals surface area contributed by atoms with Gasteiger partial charge < -0.3 is 10.4 Å². The molecular formula is C20H21F3N6O3S. The average Bonchev–Trinajstić information content (AvgIpc) is 3.42. The van der Waals surface area contributed by atoms with Crippen molar-refractivity contribution in [3.05, 3.63) is 54.0 Å². The molecular weight excluding hydrogens is 461 g/mol. The van der Waals surface area contributed by atoms with E-state index in [1.165, 1.54) is 43.7 Å². The molecule has 0 unspecified atom stereocenters. The van der Waals surface area contributed by atoms with Crippen molar-refractivity contribution in [3.8, 4) is 5.82 Å². The van der Waals surface area contributed by atoms with E-state index >= 15 is 0 Å². The number of alkyl halides is 3. The summed E-state index contributed by atoms with van der Waals surface area (Å²) in [7, 11) is -2.34. The first-order valence-electron chi connectivity index (χ1n) is 10.1. The number of rotatable bonds is 6. The van der Waals surface area contributed by atoms with Gasteiger partial charge in [0.15, 0.2) is 5.82 Å². The highest BCUT2D eigenvalue weighted by Crippen LogP contribution is 2.36. The summed E-state index contributed by atoms with van der Waals surface area (Å²) in [4.78, 5) is 7.80.